The molecule has 1 aliphatic carbocycles. The lowest BCUT2D eigenvalue weighted by Crippen LogP contribution is -2.36. The van der Waals surface area contributed by atoms with Crippen LogP contribution in [0.2, 0.25) is 0 Å². The zero-order chi connectivity index (χ0) is 13.9. The molecule has 1 aromatic rings. The predicted octanol–water partition coefficient (Wildman–Crippen LogP) is 4.64. The lowest BCUT2D eigenvalue weighted by atomic mass is 9.82. The van der Waals surface area contributed by atoms with Crippen LogP contribution in [0.4, 0.5) is 0 Å². The van der Waals surface area contributed by atoms with Crippen LogP contribution in [0.3, 0.4) is 0 Å². The van der Waals surface area contributed by atoms with E-state index in [-0.39, 0.29) is 5.54 Å². The van der Waals surface area contributed by atoms with Crippen molar-refractivity contribution in [2.24, 2.45) is 17.6 Å². The van der Waals surface area contributed by atoms with E-state index in [0.717, 1.165) is 25.2 Å². The molecular formula is C18H29N. The van der Waals surface area contributed by atoms with Gasteiger partial charge in [0.05, 0.1) is 0 Å². The molecule has 0 bridgehead atoms. The molecule has 106 valence electrons. The molecule has 1 fully saturated rings. The average Bonchev–Trinajstić information content (AvgIpc) is 2.52. The van der Waals surface area contributed by atoms with Gasteiger partial charge in [-0.3, -0.25) is 0 Å². The Bertz CT molecular complexity index is 410. The number of rotatable bonds is 3. The minimum Gasteiger partial charge on any atom is -0.321 e. The molecule has 1 saturated carbocycles. The Hall–Kier alpha value is -0.820. The number of benzene rings is 1. The second-order valence-corrected chi connectivity index (χ2v) is 6.99. The van der Waals surface area contributed by atoms with Gasteiger partial charge < -0.3 is 5.73 Å². The van der Waals surface area contributed by atoms with E-state index in [1.807, 2.05) is 0 Å². The van der Waals surface area contributed by atoms with Crippen molar-refractivity contribution in [2.45, 2.75) is 64.8 Å². The number of hydrogen-bond donors (Lipinski definition) is 1. The molecule has 0 amide bonds. The van der Waals surface area contributed by atoms with Gasteiger partial charge in [-0.05, 0) is 48.6 Å². The van der Waals surface area contributed by atoms with Gasteiger partial charge in [-0.15, -0.1) is 0 Å². The molecule has 1 heteroatoms. The Morgan fingerprint density at radius 3 is 2.79 bits per heavy atom. The average molecular weight is 259 g/mol. The van der Waals surface area contributed by atoms with Crippen LogP contribution in [-0.4, -0.2) is 0 Å². The highest BCUT2D eigenvalue weighted by Gasteiger charge is 2.30. The third-order valence-corrected chi connectivity index (χ3v) is 4.55. The smallest absolute Gasteiger partial charge is 0.0409 e. The lowest BCUT2D eigenvalue weighted by Gasteiger charge is -2.29. The Labute approximate surface area is 118 Å². The van der Waals surface area contributed by atoms with E-state index in [1.54, 1.807) is 0 Å². The van der Waals surface area contributed by atoms with Crippen molar-refractivity contribution in [1.82, 2.24) is 0 Å². The predicted molar refractivity (Wildman–Crippen MR) is 83.1 cm³/mol. The van der Waals surface area contributed by atoms with Crippen LogP contribution in [0.1, 0.15) is 64.0 Å². The van der Waals surface area contributed by atoms with Crippen molar-refractivity contribution >= 4 is 0 Å². The van der Waals surface area contributed by atoms with Gasteiger partial charge in [0, 0.05) is 5.54 Å². The van der Waals surface area contributed by atoms with Crippen LogP contribution in [0.15, 0.2) is 24.3 Å². The standard InChI is InChI=1S/C18H29N/c1-14(2)12-16-7-4-8-17(13-16)18(19)10-5-6-15(3)9-11-18/h4,7-8,13-15H,5-6,9-12,19H2,1-3H3. The molecule has 2 rings (SSSR count). The largest absolute Gasteiger partial charge is 0.321 e. The molecule has 0 aromatic heterocycles. The third-order valence-electron chi connectivity index (χ3n) is 4.55. The minimum atomic E-state index is -0.0856. The topological polar surface area (TPSA) is 26.0 Å². The summed E-state index contributed by atoms with van der Waals surface area (Å²) in [4.78, 5) is 0. The van der Waals surface area contributed by atoms with Crippen LogP contribution in [0.5, 0.6) is 0 Å². The van der Waals surface area contributed by atoms with Gasteiger partial charge in [-0.2, -0.15) is 0 Å². The summed E-state index contributed by atoms with van der Waals surface area (Å²) in [5.41, 5.74) is 9.46. The maximum absolute atomic E-state index is 6.74. The summed E-state index contributed by atoms with van der Waals surface area (Å²) < 4.78 is 0. The number of nitrogens with two attached hydrogens (primary N) is 1. The maximum atomic E-state index is 6.74. The zero-order valence-corrected chi connectivity index (χ0v) is 12.8. The molecule has 1 aliphatic rings. The highest BCUT2D eigenvalue weighted by Crippen LogP contribution is 2.36. The minimum absolute atomic E-state index is 0.0856. The van der Waals surface area contributed by atoms with E-state index in [0.29, 0.717) is 5.92 Å². The fraction of sp³-hybridized carbons (Fsp3) is 0.667. The van der Waals surface area contributed by atoms with Gasteiger partial charge in [-0.25, -0.2) is 0 Å². The van der Waals surface area contributed by atoms with Gasteiger partial charge in [0.15, 0.2) is 0 Å². The van der Waals surface area contributed by atoms with E-state index >= 15 is 0 Å². The molecule has 19 heavy (non-hydrogen) atoms. The third kappa shape index (κ3) is 3.82. The summed E-state index contributed by atoms with van der Waals surface area (Å²) in [6, 6.07) is 9.03. The van der Waals surface area contributed by atoms with E-state index in [4.69, 9.17) is 5.73 Å². The molecule has 1 nitrogen and oxygen atoms in total. The molecule has 0 radical (unpaired) electrons. The summed E-state index contributed by atoms with van der Waals surface area (Å²) in [5.74, 6) is 1.54. The molecule has 0 saturated heterocycles. The summed E-state index contributed by atoms with van der Waals surface area (Å²) in [6.07, 6.45) is 7.31. The normalized spacial score (nSPS) is 28.4. The van der Waals surface area contributed by atoms with E-state index < -0.39 is 0 Å². The summed E-state index contributed by atoms with van der Waals surface area (Å²) in [6.45, 7) is 6.91. The molecule has 0 spiro atoms. The first-order chi connectivity index (χ1) is 8.99. The van der Waals surface area contributed by atoms with E-state index in [1.165, 1.54) is 30.4 Å². The fourth-order valence-corrected chi connectivity index (χ4v) is 3.31. The Morgan fingerprint density at radius 2 is 2.05 bits per heavy atom. The first kappa shape index (κ1) is 14.6. The Balaban J connectivity index is 2.19. The monoisotopic (exact) mass is 259 g/mol. The molecular weight excluding hydrogens is 230 g/mol. The molecule has 0 heterocycles. The first-order valence-corrected chi connectivity index (χ1v) is 7.88. The molecule has 2 atom stereocenters. The molecule has 0 aliphatic heterocycles. The van der Waals surface area contributed by atoms with Gasteiger partial charge in [0.2, 0.25) is 0 Å². The Morgan fingerprint density at radius 1 is 1.26 bits per heavy atom. The fourth-order valence-electron chi connectivity index (χ4n) is 3.31. The summed E-state index contributed by atoms with van der Waals surface area (Å²) >= 11 is 0. The second kappa shape index (κ2) is 6.09. The van der Waals surface area contributed by atoms with Crippen LogP contribution < -0.4 is 5.73 Å². The van der Waals surface area contributed by atoms with Crippen molar-refractivity contribution in [3.8, 4) is 0 Å². The highest BCUT2D eigenvalue weighted by atomic mass is 14.7. The summed E-state index contributed by atoms with van der Waals surface area (Å²) in [5, 5.41) is 0. The van der Waals surface area contributed by atoms with Crippen molar-refractivity contribution in [3.05, 3.63) is 35.4 Å². The quantitative estimate of drug-likeness (QED) is 0.786. The van der Waals surface area contributed by atoms with Crippen LogP contribution >= 0.6 is 0 Å². The van der Waals surface area contributed by atoms with Gasteiger partial charge >= 0.3 is 0 Å². The first-order valence-electron chi connectivity index (χ1n) is 7.88. The van der Waals surface area contributed by atoms with Crippen molar-refractivity contribution in [3.63, 3.8) is 0 Å². The highest BCUT2D eigenvalue weighted by molar-refractivity contribution is 5.30. The maximum Gasteiger partial charge on any atom is 0.0409 e. The van der Waals surface area contributed by atoms with Crippen LogP contribution in [0.25, 0.3) is 0 Å². The molecule has 2 N–H and O–H groups in total. The second-order valence-electron chi connectivity index (χ2n) is 6.99. The van der Waals surface area contributed by atoms with Crippen LogP contribution in [-0.2, 0) is 12.0 Å². The van der Waals surface area contributed by atoms with Gasteiger partial charge in [0.25, 0.3) is 0 Å². The Kier molecular flexibility index (Phi) is 4.67. The molecule has 2 unspecified atom stereocenters. The van der Waals surface area contributed by atoms with E-state index in [9.17, 15) is 0 Å². The van der Waals surface area contributed by atoms with Crippen molar-refractivity contribution in [1.29, 1.82) is 0 Å². The van der Waals surface area contributed by atoms with E-state index in [2.05, 4.69) is 45.0 Å². The summed E-state index contributed by atoms with van der Waals surface area (Å²) in [7, 11) is 0. The number of hydrogen-bond acceptors (Lipinski definition) is 1. The lowest BCUT2D eigenvalue weighted by molar-refractivity contribution is 0.378. The van der Waals surface area contributed by atoms with Crippen molar-refractivity contribution in [2.75, 3.05) is 0 Å². The van der Waals surface area contributed by atoms with Crippen molar-refractivity contribution < 1.29 is 0 Å². The molecule has 1 aromatic carbocycles. The zero-order valence-electron chi connectivity index (χ0n) is 12.8. The van der Waals surface area contributed by atoms with Gasteiger partial charge in [0.1, 0.15) is 0 Å². The SMILES string of the molecule is CC(C)Cc1cccc(C2(N)CCCC(C)CC2)c1. The van der Waals surface area contributed by atoms with Crippen LogP contribution in [0, 0.1) is 11.8 Å². The van der Waals surface area contributed by atoms with Gasteiger partial charge in [-0.1, -0.05) is 57.9 Å².